The molecule has 0 fully saturated rings. The van der Waals surface area contributed by atoms with Crippen LogP contribution in [0.1, 0.15) is 5.89 Å². The maximum atomic E-state index is 5.72. The Morgan fingerprint density at radius 3 is 2.18 bits per heavy atom. The first-order valence-corrected chi connectivity index (χ1v) is 9.31. The molecule has 4 aromatic rings. The molecule has 0 amide bonds. The van der Waals surface area contributed by atoms with E-state index in [1.807, 2.05) is 30.3 Å². The maximum absolute atomic E-state index is 5.72. The summed E-state index contributed by atoms with van der Waals surface area (Å²) in [4.78, 5) is 0. The number of hydrogen-bond donors (Lipinski definition) is 0. The first kappa shape index (κ1) is 18.1. The minimum absolute atomic E-state index is 0.371. The number of thioether (sulfide) groups is 1. The molecule has 0 radical (unpaired) electrons. The van der Waals surface area contributed by atoms with E-state index in [1.54, 1.807) is 32.4 Å². The van der Waals surface area contributed by atoms with Gasteiger partial charge in [0, 0.05) is 17.2 Å². The Morgan fingerprint density at radius 1 is 0.786 bits per heavy atom. The lowest BCUT2D eigenvalue weighted by molar-refractivity contribution is 0.394. The second kappa shape index (κ2) is 8.13. The summed E-state index contributed by atoms with van der Waals surface area (Å²) in [5, 5.41) is 16.7. The van der Waals surface area contributed by atoms with Crippen LogP contribution in [0.4, 0.5) is 0 Å². The van der Waals surface area contributed by atoms with Gasteiger partial charge in [-0.25, -0.2) is 0 Å². The van der Waals surface area contributed by atoms with Crippen LogP contribution in [0.3, 0.4) is 0 Å². The molecular weight excluding hydrogens is 380 g/mol. The van der Waals surface area contributed by atoms with Crippen LogP contribution in [-0.2, 0) is 5.75 Å². The largest absolute Gasteiger partial charge is 0.497 e. The lowest BCUT2D eigenvalue weighted by Gasteiger charge is -2.05. The normalized spacial score (nSPS) is 10.8. The summed E-state index contributed by atoms with van der Waals surface area (Å²) in [7, 11) is 3.17. The van der Waals surface area contributed by atoms with E-state index in [4.69, 9.17) is 18.3 Å². The van der Waals surface area contributed by atoms with Crippen molar-refractivity contribution >= 4 is 11.8 Å². The molecule has 0 aliphatic rings. The Bertz CT molecular complexity index is 1040. The standard InChI is InChI=1S/C19H16N4O4S/c1-24-14-8-13(9-15(10-14)25-2)18-22-23-19(27-18)28-11-16-20-21-17(26-16)12-6-4-3-5-7-12/h3-10H,11H2,1-2H3. The minimum Gasteiger partial charge on any atom is -0.497 e. The van der Waals surface area contributed by atoms with E-state index < -0.39 is 0 Å². The second-order valence-corrected chi connectivity index (χ2v) is 6.56. The van der Waals surface area contributed by atoms with Gasteiger partial charge in [0.05, 0.1) is 20.0 Å². The first-order chi connectivity index (χ1) is 13.7. The zero-order valence-electron chi connectivity index (χ0n) is 15.2. The number of aromatic nitrogens is 4. The van der Waals surface area contributed by atoms with Gasteiger partial charge in [-0.15, -0.1) is 20.4 Å². The number of nitrogens with zero attached hydrogens (tertiary/aromatic N) is 4. The highest BCUT2D eigenvalue weighted by molar-refractivity contribution is 7.98. The van der Waals surface area contributed by atoms with Crippen LogP contribution in [-0.4, -0.2) is 34.6 Å². The van der Waals surface area contributed by atoms with Crippen molar-refractivity contribution in [1.82, 2.24) is 20.4 Å². The third-order valence-electron chi connectivity index (χ3n) is 3.81. The van der Waals surface area contributed by atoms with Crippen molar-refractivity contribution in [2.24, 2.45) is 0 Å². The van der Waals surface area contributed by atoms with Gasteiger partial charge >= 0.3 is 0 Å². The molecule has 0 atom stereocenters. The Balaban J connectivity index is 1.45. The van der Waals surface area contributed by atoms with E-state index >= 15 is 0 Å². The van der Waals surface area contributed by atoms with Crippen LogP contribution in [0.25, 0.3) is 22.9 Å². The molecule has 0 N–H and O–H groups in total. The molecule has 0 aliphatic heterocycles. The SMILES string of the molecule is COc1cc(OC)cc(-c2nnc(SCc3nnc(-c4ccccc4)o3)o2)c1. The molecule has 4 rings (SSSR count). The number of hydrogen-bond acceptors (Lipinski definition) is 9. The molecular formula is C19H16N4O4S. The fourth-order valence-corrected chi connectivity index (χ4v) is 3.05. The summed E-state index contributed by atoms with van der Waals surface area (Å²) in [6.45, 7) is 0. The van der Waals surface area contributed by atoms with Gasteiger partial charge in [-0.05, 0) is 24.3 Å². The van der Waals surface area contributed by atoms with Gasteiger partial charge < -0.3 is 18.3 Å². The molecule has 142 valence electrons. The van der Waals surface area contributed by atoms with Crippen molar-refractivity contribution in [3.05, 3.63) is 54.4 Å². The van der Waals surface area contributed by atoms with Crippen LogP contribution in [0.15, 0.2) is 62.6 Å². The van der Waals surface area contributed by atoms with E-state index in [2.05, 4.69) is 20.4 Å². The summed E-state index contributed by atoms with van der Waals surface area (Å²) in [5.41, 5.74) is 1.58. The van der Waals surface area contributed by atoms with Gasteiger partial charge in [-0.1, -0.05) is 30.0 Å². The van der Waals surface area contributed by atoms with Crippen molar-refractivity contribution in [1.29, 1.82) is 0 Å². The fraction of sp³-hybridized carbons (Fsp3) is 0.158. The lowest BCUT2D eigenvalue weighted by Crippen LogP contribution is -1.88. The quantitative estimate of drug-likeness (QED) is 0.428. The molecule has 8 nitrogen and oxygen atoms in total. The van der Waals surface area contributed by atoms with Crippen molar-refractivity contribution in [3.8, 4) is 34.4 Å². The molecule has 2 aromatic carbocycles. The molecule has 28 heavy (non-hydrogen) atoms. The van der Waals surface area contributed by atoms with Crippen molar-refractivity contribution in [2.75, 3.05) is 14.2 Å². The van der Waals surface area contributed by atoms with Crippen LogP contribution in [0, 0.1) is 0 Å². The highest BCUT2D eigenvalue weighted by atomic mass is 32.2. The van der Waals surface area contributed by atoms with E-state index in [0.29, 0.717) is 45.7 Å². The smallest absolute Gasteiger partial charge is 0.277 e. The summed E-state index contributed by atoms with van der Waals surface area (Å²) in [6, 6.07) is 15.0. The van der Waals surface area contributed by atoms with Crippen LogP contribution < -0.4 is 9.47 Å². The molecule has 2 heterocycles. The Kier molecular flexibility index (Phi) is 5.24. The average molecular weight is 396 g/mol. The van der Waals surface area contributed by atoms with Gasteiger partial charge in [0.1, 0.15) is 11.5 Å². The third kappa shape index (κ3) is 3.99. The fourth-order valence-electron chi connectivity index (χ4n) is 2.45. The number of rotatable bonds is 7. The van der Waals surface area contributed by atoms with Crippen LogP contribution in [0.2, 0.25) is 0 Å². The van der Waals surface area contributed by atoms with Crippen LogP contribution in [0.5, 0.6) is 11.5 Å². The maximum Gasteiger partial charge on any atom is 0.277 e. The zero-order valence-corrected chi connectivity index (χ0v) is 16.0. The van der Waals surface area contributed by atoms with E-state index in [0.717, 1.165) is 5.56 Å². The van der Waals surface area contributed by atoms with Gasteiger partial charge in [-0.2, -0.15) is 0 Å². The van der Waals surface area contributed by atoms with Crippen molar-refractivity contribution in [2.45, 2.75) is 11.0 Å². The first-order valence-electron chi connectivity index (χ1n) is 8.32. The number of ether oxygens (including phenoxy) is 2. The molecule has 0 saturated heterocycles. The summed E-state index contributed by atoms with van der Waals surface area (Å²) >= 11 is 1.32. The van der Waals surface area contributed by atoms with Gasteiger partial charge in [-0.3, -0.25) is 0 Å². The Labute approximate surface area is 164 Å². The highest BCUT2D eigenvalue weighted by Crippen LogP contribution is 2.31. The monoisotopic (exact) mass is 396 g/mol. The Morgan fingerprint density at radius 2 is 1.46 bits per heavy atom. The highest BCUT2D eigenvalue weighted by Gasteiger charge is 2.14. The predicted octanol–water partition coefficient (Wildman–Crippen LogP) is 4.10. The second-order valence-electron chi connectivity index (χ2n) is 5.63. The van der Waals surface area contributed by atoms with E-state index in [9.17, 15) is 0 Å². The van der Waals surface area contributed by atoms with Gasteiger partial charge in [0.15, 0.2) is 0 Å². The molecule has 9 heteroatoms. The zero-order chi connectivity index (χ0) is 19.3. The topological polar surface area (TPSA) is 96.3 Å². The third-order valence-corrected chi connectivity index (χ3v) is 4.61. The molecule has 2 aromatic heterocycles. The van der Waals surface area contributed by atoms with Crippen molar-refractivity contribution in [3.63, 3.8) is 0 Å². The summed E-state index contributed by atoms with van der Waals surface area (Å²) in [6.07, 6.45) is 0. The predicted molar refractivity (Wildman–Crippen MR) is 102 cm³/mol. The number of methoxy groups -OCH3 is 2. The molecule has 0 saturated carbocycles. The van der Waals surface area contributed by atoms with Gasteiger partial charge in [0.2, 0.25) is 17.7 Å². The molecule has 0 unspecified atom stereocenters. The minimum atomic E-state index is 0.371. The van der Waals surface area contributed by atoms with Crippen molar-refractivity contribution < 1.29 is 18.3 Å². The molecule has 0 spiro atoms. The average Bonchev–Trinajstić information content (AvgIpc) is 3.42. The Hall–Kier alpha value is -3.33. The van der Waals surface area contributed by atoms with Gasteiger partial charge in [0.25, 0.3) is 5.22 Å². The summed E-state index contributed by atoms with van der Waals surface area (Å²) in [5.74, 6) is 3.03. The lowest BCUT2D eigenvalue weighted by atomic mass is 10.2. The van der Waals surface area contributed by atoms with Crippen LogP contribution >= 0.6 is 11.8 Å². The van der Waals surface area contributed by atoms with E-state index in [-0.39, 0.29) is 0 Å². The van der Waals surface area contributed by atoms with E-state index in [1.165, 1.54) is 11.8 Å². The number of benzene rings is 2. The summed E-state index contributed by atoms with van der Waals surface area (Å²) < 4.78 is 21.9. The molecule has 0 aliphatic carbocycles. The molecule has 0 bridgehead atoms.